The fraction of sp³-hybridized carbons (Fsp3) is 0.500. The van der Waals surface area contributed by atoms with E-state index >= 15 is 0 Å². The van der Waals surface area contributed by atoms with Crippen LogP contribution in [0.2, 0.25) is 0 Å². The van der Waals surface area contributed by atoms with Gasteiger partial charge in [0, 0.05) is 0 Å². The first-order chi connectivity index (χ1) is 4.46. The summed E-state index contributed by atoms with van der Waals surface area (Å²) in [4.78, 5) is 20.0. The van der Waals surface area contributed by atoms with Gasteiger partial charge >= 0.3 is 115 Å². The van der Waals surface area contributed by atoms with Crippen molar-refractivity contribution >= 4 is 115 Å². The standard InChI is InChI=1S/C4H8N2O4.2K.2H/c5-1(3(7)8)2(6)4(9)10;;;;/h1-2H,5-6H2,(H,7,8)(H,9,10);;;;. The van der Waals surface area contributed by atoms with Gasteiger partial charge in [-0.3, -0.25) is 9.59 Å². The van der Waals surface area contributed by atoms with Crippen molar-refractivity contribution in [2.24, 2.45) is 11.5 Å². The van der Waals surface area contributed by atoms with Gasteiger partial charge in [0.15, 0.2) is 0 Å². The topological polar surface area (TPSA) is 127 Å². The number of carboxylic acids is 2. The van der Waals surface area contributed by atoms with Crippen molar-refractivity contribution in [1.29, 1.82) is 0 Å². The second kappa shape index (κ2) is 9.68. The van der Waals surface area contributed by atoms with Crippen molar-refractivity contribution < 1.29 is 19.8 Å². The maximum atomic E-state index is 9.98. The van der Waals surface area contributed by atoms with Crippen LogP contribution in [0.3, 0.4) is 0 Å². The fourth-order valence-corrected chi connectivity index (χ4v) is 0.307. The first-order valence-electron chi connectivity index (χ1n) is 2.43. The molecular weight excluding hydrogens is 218 g/mol. The molecule has 0 amide bonds. The zero-order chi connectivity index (χ0) is 8.31. The maximum absolute atomic E-state index is 9.98. The normalized spacial score (nSPS) is 13.2. The molecule has 0 aliphatic heterocycles. The third-order valence-corrected chi connectivity index (χ3v) is 0.957. The second-order valence-electron chi connectivity index (χ2n) is 1.73. The van der Waals surface area contributed by atoms with Crippen LogP contribution in [0.15, 0.2) is 0 Å². The van der Waals surface area contributed by atoms with Crippen molar-refractivity contribution in [2.75, 3.05) is 0 Å². The van der Waals surface area contributed by atoms with Crippen LogP contribution in [0.5, 0.6) is 0 Å². The van der Waals surface area contributed by atoms with Crippen LogP contribution in [-0.2, 0) is 9.59 Å². The Morgan fingerprint density at radius 1 is 0.917 bits per heavy atom. The van der Waals surface area contributed by atoms with Crippen LogP contribution in [0.1, 0.15) is 0 Å². The van der Waals surface area contributed by atoms with Gasteiger partial charge in [-0.1, -0.05) is 0 Å². The molecule has 0 saturated carbocycles. The monoisotopic (exact) mass is 228 g/mol. The molecule has 0 aliphatic rings. The zero-order valence-electron chi connectivity index (χ0n) is 5.02. The number of aliphatic carboxylic acids is 2. The molecular formula is C4H10K2N2O4. The zero-order valence-corrected chi connectivity index (χ0v) is 5.02. The molecule has 2 unspecified atom stereocenters. The van der Waals surface area contributed by atoms with Gasteiger partial charge in [0.05, 0.1) is 0 Å². The fourth-order valence-electron chi connectivity index (χ4n) is 0.307. The molecule has 8 heteroatoms. The Hall–Kier alpha value is 2.13. The van der Waals surface area contributed by atoms with Gasteiger partial charge in [0.1, 0.15) is 12.1 Å². The van der Waals surface area contributed by atoms with E-state index in [1.807, 2.05) is 0 Å². The summed E-state index contributed by atoms with van der Waals surface area (Å²) in [7, 11) is 0. The molecule has 62 valence electrons. The van der Waals surface area contributed by atoms with Crippen LogP contribution < -0.4 is 11.5 Å². The first-order valence-corrected chi connectivity index (χ1v) is 2.43. The summed E-state index contributed by atoms with van der Waals surface area (Å²) >= 11 is 0. The van der Waals surface area contributed by atoms with E-state index in [-0.39, 0.29) is 103 Å². The van der Waals surface area contributed by atoms with Crippen molar-refractivity contribution in [3.05, 3.63) is 0 Å². The van der Waals surface area contributed by atoms with Crippen molar-refractivity contribution in [3.63, 3.8) is 0 Å². The molecule has 2 atom stereocenters. The minimum absolute atomic E-state index is 0. The Morgan fingerprint density at radius 2 is 1.08 bits per heavy atom. The molecule has 0 rings (SSSR count). The Morgan fingerprint density at radius 3 is 1.17 bits per heavy atom. The molecule has 0 saturated heterocycles. The molecule has 12 heavy (non-hydrogen) atoms. The summed E-state index contributed by atoms with van der Waals surface area (Å²) in [6, 6.07) is -3.09. The first kappa shape index (κ1) is 19.7. The van der Waals surface area contributed by atoms with E-state index in [0.717, 1.165) is 0 Å². The van der Waals surface area contributed by atoms with E-state index in [1.165, 1.54) is 0 Å². The predicted molar refractivity (Wildman–Crippen MR) is 45.5 cm³/mol. The summed E-state index contributed by atoms with van der Waals surface area (Å²) in [6.45, 7) is 0. The van der Waals surface area contributed by atoms with E-state index in [0.29, 0.717) is 0 Å². The molecule has 6 N–H and O–H groups in total. The van der Waals surface area contributed by atoms with Gasteiger partial charge in [0.2, 0.25) is 0 Å². The number of hydrogen-bond donors (Lipinski definition) is 4. The number of carbonyl (C=O) groups is 2. The average Bonchev–Trinajstić information content (AvgIpc) is 1.84. The molecule has 0 radical (unpaired) electrons. The van der Waals surface area contributed by atoms with Gasteiger partial charge in [0.25, 0.3) is 0 Å². The number of carboxylic acid groups (broad SMARTS) is 2. The van der Waals surface area contributed by atoms with Gasteiger partial charge < -0.3 is 21.7 Å². The SMILES string of the molecule is NC(C(=O)O)C(N)C(=O)O.[KH].[KH]. The van der Waals surface area contributed by atoms with E-state index in [9.17, 15) is 9.59 Å². The summed E-state index contributed by atoms with van der Waals surface area (Å²) in [5, 5.41) is 16.3. The predicted octanol–water partition coefficient (Wildman–Crippen LogP) is -3.49. The average molecular weight is 228 g/mol. The number of nitrogens with two attached hydrogens (primary N) is 2. The molecule has 0 fully saturated rings. The Labute approximate surface area is 154 Å². The summed E-state index contributed by atoms with van der Waals surface area (Å²) < 4.78 is 0. The van der Waals surface area contributed by atoms with Crippen LogP contribution in [0, 0.1) is 0 Å². The van der Waals surface area contributed by atoms with E-state index in [1.54, 1.807) is 0 Å². The molecule has 0 aromatic carbocycles. The molecule has 0 heterocycles. The molecule has 0 bridgehead atoms. The van der Waals surface area contributed by atoms with E-state index in [2.05, 4.69) is 0 Å². The molecule has 0 aromatic rings. The minimum atomic E-state index is -1.54. The van der Waals surface area contributed by atoms with Crippen molar-refractivity contribution in [2.45, 2.75) is 12.1 Å². The van der Waals surface area contributed by atoms with Crippen LogP contribution >= 0.6 is 0 Å². The van der Waals surface area contributed by atoms with Gasteiger partial charge in [-0.2, -0.15) is 0 Å². The number of hydrogen-bond acceptors (Lipinski definition) is 4. The van der Waals surface area contributed by atoms with Gasteiger partial charge in [-0.05, 0) is 0 Å². The Bertz CT molecular complexity index is 147. The van der Waals surface area contributed by atoms with Crippen LogP contribution in [0.4, 0.5) is 0 Å². The Balaban J connectivity index is -0.000000405. The number of rotatable bonds is 3. The van der Waals surface area contributed by atoms with E-state index < -0.39 is 24.0 Å². The van der Waals surface area contributed by atoms with Gasteiger partial charge in [-0.25, -0.2) is 0 Å². The summed E-state index contributed by atoms with van der Waals surface area (Å²) in [6.07, 6.45) is 0. The molecule has 0 aromatic heterocycles. The third-order valence-electron chi connectivity index (χ3n) is 0.957. The van der Waals surface area contributed by atoms with Crippen molar-refractivity contribution in [3.8, 4) is 0 Å². The summed E-state index contributed by atoms with van der Waals surface area (Å²) in [5.74, 6) is -2.84. The second-order valence-corrected chi connectivity index (χ2v) is 1.73. The molecule has 0 aliphatic carbocycles. The summed E-state index contributed by atoms with van der Waals surface area (Å²) in [5.41, 5.74) is 9.71. The van der Waals surface area contributed by atoms with Crippen LogP contribution in [-0.4, -0.2) is 137 Å². The van der Waals surface area contributed by atoms with Crippen molar-refractivity contribution in [1.82, 2.24) is 0 Å². The van der Waals surface area contributed by atoms with Crippen LogP contribution in [0.25, 0.3) is 0 Å². The van der Waals surface area contributed by atoms with Gasteiger partial charge in [-0.15, -0.1) is 0 Å². The quantitative estimate of drug-likeness (QED) is 0.371. The third kappa shape index (κ3) is 7.53. The Kier molecular flexibility index (Phi) is 15.9. The molecule has 0 spiro atoms. The van der Waals surface area contributed by atoms with E-state index in [4.69, 9.17) is 21.7 Å². The molecule has 6 nitrogen and oxygen atoms in total.